The molecule has 0 saturated heterocycles. The van der Waals surface area contributed by atoms with E-state index in [0.29, 0.717) is 31.0 Å². The fourth-order valence-corrected chi connectivity index (χ4v) is 2.55. The summed E-state index contributed by atoms with van der Waals surface area (Å²) < 4.78 is 36.3. The number of halogens is 3. The predicted octanol–water partition coefficient (Wildman–Crippen LogP) is 2.32. The Morgan fingerprint density at radius 2 is 2.23 bits per heavy atom. The highest BCUT2D eigenvalue weighted by Crippen LogP contribution is 2.15. The third-order valence-corrected chi connectivity index (χ3v) is 3.72. The minimum absolute atomic E-state index is 0.104. The van der Waals surface area contributed by atoms with Crippen molar-refractivity contribution in [1.29, 1.82) is 0 Å². The van der Waals surface area contributed by atoms with Crippen molar-refractivity contribution in [3.05, 3.63) is 30.1 Å². The molecule has 4 nitrogen and oxygen atoms in total. The van der Waals surface area contributed by atoms with Gasteiger partial charge in [-0.25, -0.2) is 0 Å². The molecule has 0 aromatic carbocycles. The van der Waals surface area contributed by atoms with Crippen LogP contribution in [-0.4, -0.2) is 54.4 Å². The van der Waals surface area contributed by atoms with Crippen LogP contribution >= 0.6 is 11.8 Å². The van der Waals surface area contributed by atoms with Crippen LogP contribution in [0.25, 0.3) is 0 Å². The Labute approximate surface area is 132 Å². The first kappa shape index (κ1) is 18.8. The number of amides is 1. The lowest BCUT2D eigenvalue weighted by molar-refractivity contribution is -0.143. The molecule has 0 atom stereocenters. The summed E-state index contributed by atoms with van der Waals surface area (Å²) in [6, 6.07) is 3.78. The average Bonchev–Trinajstić information content (AvgIpc) is 2.43. The number of pyridine rings is 1. The number of carbonyl (C=O) groups is 1. The number of thioether (sulfide) groups is 1. The molecule has 0 saturated carbocycles. The van der Waals surface area contributed by atoms with Crippen molar-refractivity contribution in [3.63, 3.8) is 0 Å². The molecule has 0 fully saturated rings. The molecule has 0 spiro atoms. The summed E-state index contributed by atoms with van der Waals surface area (Å²) >= 11 is 1.48. The predicted molar refractivity (Wildman–Crippen MR) is 81.6 cm³/mol. The summed E-state index contributed by atoms with van der Waals surface area (Å²) in [7, 11) is 1.42. The second-order valence-electron chi connectivity index (χ2n) is 4.91. The normalized spacial score (nSPS) is 11.7. The van der Waals surface area contributed by atoms with E-state index in [1.54, 1.807) is 12.4 Å². The maximum atomic E-state index is 12.1. The van der Waals surface area contributed by atoms with E-state index in [1.165, 1.54) is 23.7 Å². The Morgan fingerprint density at radius 1 is 1.45 bits per heavy atom. The summed E-state index contributed by atoms with van der Waals surface area (Å²) in [6.45, 7) is -0.251. The summed E-state index contributed by atoms with van der Waals surface area (Å²) in [5.74, 6) is 0.926. The smallest absolute Gasteiger partial charge is 0.355 e. The molecule has 124 valence electrons. The fraction of sp³-hybridized carbons (Fsp3) is 0.571. The van der Waals surface area contributed by atoms with Crippen molar-refractivity contribution in [2.45, 2.75) is 18.3 Å². The van der Waals surface area contributed by atoms with Gasteiger partial charge in [-0.15, -0.1) is 11.8 Å². The highest BCUT2D eigenvalue weighted by Gasteiger charge is 2.28. The van der Waals surface area contributed by atoms with Crippen LogP contribution in [0.3, 0.4) is 0 Å². The van der Waals surface area contributed by atoms with E-state index in [-0.39, 0.29) is 5.91 Å². The highest BCUT2D eigenvalue weighted by molar-refractivity contribution is 7.99. The molecular weight excluding hydrogens is 315 g/mol. The molecule has 0 unspecified atom stereocenters. The number of hydrogen-bond donors (Lipinski definition) is 1. The van der Waals surface area contributed by atoms with Gasteiger partial charge in [0.1, 0.15) is 0 Å². The SMILES string of the molecule is CN(CCCNC(=O)CSCc1cccnc1)CC(F)(F)F. The largest absolute Gasteiger partial charge is 0.401 e. The van der Waals surface area contributed by atoms with E-state index in [4.69, 9.17) is 0 Å². The maximum Gasteiger partial charge on any atom is 0.401 e. The van der Waals surface area contributed by atoms with Crippen LogP contribution in [0.5, 0.6) is 0 Å². The second kappa shape index (κ2) is 9.68. The Bertz CT molecular complexity index is 443. The van der Waals surface area contributed by atoms with Gasteiger partial charge in [0.25, 0.3) is 0 Å². The van der Waals surface area contributed by atoms with Crippen molar-refractivity contribution >= 4 is 17.7 Å². The number of nitrogens with one attached hydrogen (secondary N) is 1. The van der Waals surface area contributed by atoms with Crippen LogP contribution in [-0.2, 0) is 10.5 Å². The van der Waals surface area contributed by atoms with Crippen molar-refractivity contribution in [3.8, 4) is 0 Å². The number of aromatic nitrogens is 1. The van der Waals surface area contributed by atoms with Gasteiger partial charge >= 0.3 is 6.18 Å². The molecule has 1 N–H and O–H groups in total. The van der Waals surface area contributed by atoms with Crippen LogP contribution in [0.4, 0.5) is 13.2 Å². The third-order valence-electron chi connectivity index (χ3n) is 2.71. The lowest BCUT2D eigenvalue weighted by Crippen LogP contribution is -2.34. The van der Waals surface area contributed by atoms with Crippen molar-refractivity contribution < 1.29 is 18.0 Å². The van der Waals surface area contributed by atoms with Gasteiger partial charge in [0.15, 0.2) is 0 Å². The van der Waals surface area contributed by atoms with Gasteiger partial charge in [0.05, 0.1) is 12.3 Å². The standard InChI is InChI=1S/C14H20F3N3OS/c1-20(11-14(15,16)17)7-3-6-19-13(21)10-22-9-12-4-2-5-18-8-12/h2,4-5,8H,3,6-7,9-11H2,1H3,(H,19,21). The number of hydrogen-bond acceptors (Lipinski definition) is 4. The molecule has 1 rings (SSSR count). The molecule has 0 aliphatic heterocycles. The fourth-order valence-electron chi connectivity index (χ4n) is 1.76. The van der Waals surface area contributed by atoms with Gasteiger partial charge in [-0.3, -0.25) is 14.7 Å². The summed E-state index contributed by atoms with van der Waals surface area (Å²) in [5, 5.41) is 2.70. The minimum Gasteiger partial charge on any atom is -0.355 e. The molecule has 1 heterocycles. The molecule has 8 heteroatoms. The molecule has 1 aromatic rings. The minimum atomic E-state index is -4.18. The molecule has 1 amide bonds. The highest BCUT2D eigenvalue weighted by atomic mass is 32.2. The quantitative estimate of drug-likeness (QED) is 0.704. The maximum absolute atomic E-state index is 12.1. The van der Waals surface area contributed by atoms with E-state index in [0.717, 1.165) is 5.56 Å². The summed E-state index contributed by atoms with van der Waals surface area (Å²) in [5.41, 5.74) is 1.05. The summed E-state index contributed by atoms with van der Waals surface area (Å²) in [6.07, 6.45) is -0.245. The summed E-state index contributed by atoms with van der Waals surface area (Å²) in [4.78, 5) is 16.7. The van der Waals surface area contributed by atoms with Crippen LogP contribution < -0.4 is 5.32 Å². The first-order valence-electron chi connectivity index (χ1n) is 6.85. The van der Waals surface area contributed by atoms with Crippen molar-refractivity contribution in [2.24, 2.45) is 0 Å². The van der Waals surface area contributed by atoms with E-state index in [9.17, 15) is 18.0 Å². The van der Waals surface area contributed by atoms with Gasteiger partial charge in [0.2, 0.25) is 5.91 Å². The molecular formula is C14H20F3N3OS. The monoisotopic (exact) mass is 335 g/mol. The Morgan fingerprint density at radius 3 is 2.86 bits per heavy atom. The van der Waals surface area contributed by atoms with Gasteiger partial charge in [-0.1, -0.05) is 6.07 Å². The molecule has 0 radical (unpaired) electrons. The molecule has 22 heavy (non-hydrogen) atoms. The lowest BCUT2D eigenvalue weighted by Gasteiger charge is -2.18. The topological polar surface area (TPSA) is 45.2 Å². The molecule has 0 aliphatic rings. The van der Waals surface area contributed by atoms with Crippen LogP contribution in [0.2, 0.25) is 0 Å². The van der Waals surface area contributed by atoms with Crippen molar-refractivity contribution in [2.75, 3.05) is 32.4 Å². The van der Waals surface area contributed by atoms with Crippen LogP contribution in [0, 0.1) is 0 Å². The van der Waals surface area contributed by atoms with E-state index < -0.39 is 12.7 Å². The van der Waals surface area contributed by atoms with Crippen LogP contribution in [0.15, 0.2) is 24.5 Å². The van der Waals surface area contributed by atoms with Crippen molar-refractivity contribution in [1.82, 2.24) is 15.2 Å². The van der Waals surface area contributed by atoms with Gasteiger partial charge in [-0.05, 0) is 31.6 Å². The zero-order valence-corrected chi connectivity index (χ0v) is 13.2. The number of rotatable bonds is 9. The zero-order chi connectivity index (χ0) is 16.4. The number of carbonyl (C=O) groups excluding carboxylic acids is 1. The van der Waals surface area contributed by atoms with Gasteiger partial charge in [0, 0.05) is 24.7 Å². The second-order valence-corrected chi connectivity index (χ2v) is 5.90. The average molecular weight is 335 g/mol. The zero-order valence-electron chi connectivity index (χ0n) is 12.4. The third kappa shape index (κ3) is 9.62. The van der Waals surface area contributed by atoms with Gasteiger partial charge in [-0.2, -0.15) is 13.2 Å². The van der Waals surface area contributed by atoms with Crippen LogP contribution in [0.1, 0.15) is 12.0 Å². The van der Waals surface area contributed by atoms with E-state index in [1.807, 2.05) is 12.1 Å². The number of alkyl halides is 3. The van der Waals surface area contributed by atoms with E-state index >= 15 is 0 Å². The Kier molecular flexibility index (Phi) is 8.26. The molecule has 0 bridgehead atoms. The Balaban J connectivity index is 2.04. The molecule has 1 aromatic heterocycles. The number of nitrogens with zero attached hydrogens (tertiary/aromatic N) is 2. The molecule has 0 aliphatic carbocycles. The lowest BCUT2D eigenvalue weighted by atomic mass is 10.3. The van der Waals surface area contributed by atoms with Gasteiger partial charge < -0.3 is 5.32 Å². The first-order chi connectivity index (χ1) is 10.4. The first-order valence-corrected chi connectivity index (χ1v) is 8.01. The Hall–Kier alpha value is -1.28. The van der Waals surface area contributed by atoms with E-state index in [2.05, 4.69) is 10.3 Å².